The van der Waals surface area contributed by atoms with Gasteiger partial charge in [-0.25, -0.2) is 4.57 Å². The first-order chi connectivity index (χ1) is 14.6. The first-order valence-corrected chi connectivity index (χ1v) is 8.86. The fraction of sp³-hybridized carbons (Fsp3) is 0.320. The fourth-order valence-electron chi connectivity index (χ4n) is 3.37. The zero-order valence-electron chi connectivity index (χ0n) is 22.1. The molecule has 0 amide bonds. The van der Waals surface area contributed by atoms with Gasteiger partial charge in [-0.05, 0) is 59.9 Å². The van der Waals surface area contributed by atoms with Gasteiger partial charge in [-0.1, -0.05) is 57.2 Å². The Balaban J connectivity index is 2.36. The number of aryl methyl sites for hydroxylation is 4. The monoisotopic (exact) mass is 350 g/mol. The molecule has 134 valence electrons. The SMILES string of the molecule is [2H]C([2H])([2H])c1cc(C)c(-c2cc(C([2H])(C)C)c(C([2H])([2H])C)c[n+]2C)cc1-c1ccccc1. The summed E-state index contributed by atoms with van der Waals surface area (Å²) in [6.07, 6.45) is 0.152. The molecule has 1 aromatic heterocycles. The molecule has 0 bridgehead atoms. The van der Waals surface area contributed by atoms with Gasteiger partial charge in [0, 0.05) is 25.4 Å². The van der Waals surface area contributed by atoms with Crippen LogP contribution in [0.4, 0.5) is 0 Å². The van der Waals surface area contributed by atoms with E-state index in [1.807, 2.05) is 61.0 Å². The van der Waals surface area contributed by atoms with Crippen molar-refractivity contribution in [3.63, 3.8) is 0 Å². The number of aromatic nitrogens is 1. The molecule has 1 heteroatoms. The van der Waals surface area contributed by atoms with E-state index in [-0.39, 0.29) is 0 Å². The van der Waals surface area contributed by atoms with Gasteiger partial charge in [0.05, 0.1) is 0 Å². The second-order valence-electron chi connectivity index (χ2n) is 6.93. The van der Waals surface area contributed by atoms with Crippen molar-refractivity contribution in [2.75, 3.05) is 0 Å². The predicted octanol–water partition coefficient (Wildman–Crippen LogP) is 6.15. The lowest BCUT2D eigenvalue weighted by Gasteiger charge is -2.15. The minimum absolute atomic E-state index is 0.301. The molecule has 0 saturated heterocycles. The van der Waals surface area contributed by atoms with Crippen molar-refractivity contribution in [1.82, 2.24) is 0 Å². The molecule has 0 N–H and O–H groups in total. The molecule has 1 heterocycles. The van der Waals surface area contributed by atoms with Crippen LogP contribution in [0.15, 0.2) is 54.7 Å². The Kier molecular flexibility index (Phi) is 3.46. The van der Waals surface area contributed by atoms with E-state index >= 15 is 0 Å². The van der Waals surface area contributed by atoms with Crippen molar-refractivity contribution in [2.24, 2.45) is 7.05 Å². The summed E-state index contributed by atoms with van der Waals surface area (Å²) >= 11 is 0. The Labute approximate surface area is 166 Å². The van der Waals surface area contributed by atoms with Gasteiger partial charge in [-0.15, -0.1) is 0 Å². The number of hydrogen-bond acceptors (Lipinski definition) is 0. The predicted molar refractivity (Wildman–Crippen MR) is 111 cm³/mol. The summed E-state index contributed by atoms with van der Waals surface area (Å²) in [7, 11) is 1.85. The average Bonchev–Trinajstić information content (AvgIpc) is 2.66. The smallest absolute Gasteiger partial charge is 0.201 e. The van der Waals surface area contributed by atoms with E-state index in [9.17, 15) is 0 Å². The topological polar surface area (TPSA) is 3.88 Å². The summed E-state index contributed by atoms with van der Waals surface area (Å²) in [6.45, 7) is 4.63. The Morgan fingerprint density at radius 1 is 1.08 bits per heavy atom. The van der Waals surface area contributed by atoms with Crippen molar-refractivity contribution < 1.29 is 12.8 Å². The molecule has 0 atom stereocenters. The lowest BCUT2D eigenvalue weighted by Crippen LogP contribution is -2.32. The van der Waals surface area contributed by atoms with Gasteiger partial charge in [-0.3, -0.25) is 0 Å². The van der Waals surface area contributed by atoms with Crippen LogP contribution >= 0.6 is 0 Å². The van der Waals surface area contributed by atoms with Gasteiger partial charge in [0.1, 0.15) is 7.05 Å². The number of pyridine rings is 1. The minimum Gasteiger partial charge on any atom is -0.201 e. The van der Waals surface area contributed by atoms with Crippen LogP contribution in [0.3, 0.4) is 0 Å². The molecule has 1 nitrogen and oxygen atoms in total. The molecule has 0 unspecified atom stereocenters. The second-order valence-corrected chi connectivity index (χ2v) is 6.93. The molecule has 0 aliphatic heterocycles. The summed E-state index contributed by atoms with van der Waals surface area (Å²) < 4.78 is 51.2. The van der Waals surface area contributed by atoms with Crippen LogP contribution in [-0.4, -0.2) is 0 Å². The molecule has 0 aliphatic rings. The first kappa shape index (κ1) is 12.1. The van der Waals surface area contributed by atoms with Crippen molar-refractivity contribution in [3.8, 4) is 22.4 Å². The van der Waals surface area contributed by atoms with Crippen molar-refractivity contribution in [3.05, 3.63) is 77.0 Å². The van der Waals surface area contributed by atoms with Crippen molar-refractivity contribution >= 4 is 0 Å². The van der Waals surface area contributed by atoms with E-state index in [0.29, 0.717) is 22.3 Å². The molecule has 26 heavy (non-hydrogen) atoms. The maximum Gasteiger partial charge on any atom is 0.212 e. The van der Waals surface area contributed by atoms with E-state index in [0.717, 1.165) is 22.4 Å². The van der Waals surface area contributed by atoms with Gasteiger partial charge < -0.3 is 0 Å². The molecular weight excluding hydrogens is 314 g/mol. The second kappa shape index (κ2) is 7.45. The molecule has 0 aliphatic carbocycles. The summed E-state index contributed by atoms with van der Waals surface area (Å²) in [4.78, 5) is 0. The largest absolute Gasteiger partial charge is 0.212 e. The van der Waals surface area contributed by atoms with E-state index in [1.165, 1.54) is 6.92 Å². The van der Waals surface area contributed by atoms with Gasteiger partial charge in [0.25, 0.3) is 0 Å². The Morgan fingerprint density at radius 2 is 1.81 bits per heavy atom. The zero-order chi connectivity index (χ0) is 24.1. The standard InChI is InChI=1S/C25H30N/c1-7-20-16-26(6)25(15-22(20)17(2)3)24-14-23(18(4)13-19(24)5)21-11-9-8-10-12-21/h8-17H,7H2,1-6H3/q+1/i4D3,7D2,17D. The van der Waals surface area contributed by atoms with Crippen LogP contribution in [0.25, 0.3) is 22.4 Å². The number of rotatable bonds is 4. The third-order valence-electron chi connectivity index (χ3n) is 4.81. The maximum atomic E-state index is 8.62. The molecular formula is C25H30N+. The quantitative estimate of drug-likeness (QED) is 0.497. The van der Waals surface area contributed by atoms with Crippen LogP contribution in [0.5, 0.6) is 0 Å². The van der Waals surface area contributed by atoms with Crippen LogP contribution < -0.4 is 4.57 Å². The minimum atomic E-state index is -2.26. The molecule has 0 fully saturated rings. The number of benzene rings is 2. The molecule has 3 rings (SSSR count). The Morgan fingerprint density at radius 3 is 2.42 bits per heavy atom. The lowest BCUT2D eigenvalue weighted by molar-refractivity contribution is -0.660. The highest BCUT2D eigenvalue weighted by atomic mass is 14.9. The van der Waals surface area contributed by atoms with E-state index in [2.05, 4.69) is 0 Å². The molecule has 3 aromatic rings. The highest BCUT2D eigenvalue weighted by Gasteiger charge is 2.19. The van der Waals surface area contributed by atoms with Crippen molar-refractivity contribution in [1.29, 1.82) is 0 Å². The summed E-state index contributed by atoms with van der Waals surface area (Å²) in [5.74, 6) is -1.00. The third kappa shape index (κ3) is 3.44. The summed E-state index contributed by atoms with van der Waals surface area (Å²) in [6, 6.07) is 15.0. The lowest BCUT2D eigenvalue weighted by atomic mass is 9.91. The van der Waals surface area contributed by atoms with Gasteiger partial charge in [0.2, 0.25) is 5.69 Å². The normalized spacial score (nSPS) is 16.0. The average molecular weight is 351 g/mol. The zero-order valence-corrected chi connectivity index (χ0v) is 16.1. The van der Waals surface area contributed by atoms with Crippen LogP contribution in [0, 0.1) is 13.8 Å². The van der Waals surface area contributed by atoms with Crippen LogP contribution in [0.2, 0.25) is 0 Å². The summed E-state index contributed by atoms with van der Waals surface area (Å²) in [5.41, 5.74) is 5.33. The maximum absolute atomic E-state index is 8.62. The van der Waals surface area contributed by atoms with Gasteiger partial charge >= 0.3 is 0 Å². The molecule has 0 spiro atoms. The highest BCUT2D eigenvalue weighted by molar-refractivity contribution is 5.75. The van der Waals surface area contributed by atoms with Crippen LogP contribution in [-0.2, 0) is 13.4 Å². The Hall–Kier alpha value is -2.41. The van der Waals surface area contributed by atoms with Gasteiger partial charge in [0.15, 0.2) is 6.20 Å². The van der Waals surface area contributed by atoms with E-state index in [4.69, 9.17) is 8.22 Å². The third-order valence-corrected chi connectivity index (χ3v) is 4.81. The van der Waals surface area contributed by atoms with Crippen molar-refractivity contribution in [2.45, 2.75) is 46.8 Å². The first-order valence-electron chi connectivity index (χ1n) is 11.9. The van der Waals surface area contributed by atoms with Gasteiger partial charge in [-0.2, -0.15) is 0 Å². The number of nitrogens with zero attached hydrogens (tertiary/aromatic N) is 1. The molecule has 0 saturated carbocycles. The van der Waals surface area contributed by atoms with E-state index < -0.39 is 19.1 Å². The fourth-order valence-corrected chi connectivity index (χ4v) is 3.37. The molecule has 0 radical (unpaired) electrons. The summed E-state index contributed by atoms with van der Waals surface area (Å²) in [5, 5.41) is 0. The van der Waals surface area contributed by atoms with E-state index in [1.54, 1.807) is 26.1 Å². The molecule has 2 aromatic carbocycles. The van der Waals surface area contributed by atoms with Crippen LogP contribution in [0.1, 0.15) is 57.1 Å². The highest BCUT2D eigenvalue weighted by Crippen LogP contribution is 2.32. The Bertz CT molecular complexity index is 1140. The number of hydrogen-bond donors (Lipinski definition) is 0.